The Balaban J connectivity index is 1.92. The molecule has 1 saturated carbocycles. The Kier molecular flexibility index (Phi) is 1.70. The Labute approximate surface area is 66.4 Å². The standard InChI is InChI=1S/C9H13NO/c10-6-7-4-8(5-7)9-2-1-3-11-9/h1-3,7-8H,4-6,10H2. The topological polar surface area (TPSA) is 39.2 Å². The van der Waals surface area contributed by atoms with E-state index in [4.69, 9.17) is 10.2 Å². The predicted octanol–water partition coefficient (Wildman–Crippen LogP) is 1.73. The van der Waals surface area contributed by atoms with Crippen LogP contribution >= 0.6 is 0 Å². The molecule has 1 fully saturated rings. The fourth-order valence-electron chi connectivity index (χ4n) is 1.68. The Bertz CT molecular complexity index is 211. The maximum atomic E-state index is 5.52. The van der Waals surface area contributed by atoms with E-state index in [9.17, 15) is 0 Å². The van der Waals surface area contributed by atoms with Crippen molar-refractivity contribution in [1.82, 2.24) is 0 Å². The minimum Gasteiger partial charge on any atom is -0.469 e. The van der Waals surface area contributed by atoms with Crippen molar-refractivity contribution in [2.45, 2.75) is 18.8 Å². The summed E-state index contributed by atoms with van der Waals surface area (Å²) in [5.41, 5.74) is 5.52. The lowest BCUT2D eigenvalue weighted by Gasteiger charge is -2.32. The van der Waals surface area contributed by atoms with Crippen molar-refractivity contribution in [3.8, 4) is 0 Å². The van der Waals surface area contributed by atoms with E-state index < -0.39 is 0 Å². The molecule has 0 aromatic carbocycles. The van der Waals surface area contributed by atoms with Crippen molar-refractivity contribution >= 4 is 0 Å². The molecule has 2 nitrogen and oxygen atoms in total. The van der Waals surface area contributed by atoms with Crippen LogP contribution in [0.1, 0.15) is 24.5 Å². The van der Waals surface area contributed by atoms with E-state index in [1.165, 1.54) is 12.8 Å². The van der Waals surface area contributed by atoms with Crippen molar-refractivity contribution in [1.29, 1.82) is 0 Å². The van der Waals surface area contributed by atoms with E-state index in [1.54, 1.807) is 6.26 Å². The second-order valence-electron chi connectivity index (χ2n) is 3.29. The van der Waals surface area contributed by atoms with Gasteiger partial charge in [0, 0.05) is 5.92 Å². The highest BCUT2D eigenvalue weighted by atomic mass is 16.3. The molecule has 0 spiro atoms. The molecule has 0 bridgehead atoms. The van der Waals surface area contributed by atoms with Crippen LogP contribution in [0.25, 0.3) is 0 Å². The Morgan fingerprint density at radius 3 is 2.91 bits per heavy atom. The van der Waals surface area contributed by atoms with Crippen molar-refractivity contribution in [2.24, 2.45) is 11.7 Å². The summed E-state index contributed by atoms with van der Waals surface area (Å²) in [4.78, 5) is 0. The lowest BCUT2D eigenvalue weighted by molar-refractivity contribution is 0.240. The molecule has 2 heteroatoms. The van der Waals surface area contributed by atoms with Crippen LogP contribution in [0.5, 0.6) is 0 Å². The summed E-state index contributed by atoms with van der Waals surface area (Å²) < 4.78 is 5.29. The monoisotopic (exact) mass is 151 g/mol. The molecule has 60 valence electrons. The van der Waals surface area contributed by atoms with Crippen LogP contribution < -0.4 is 5.73 Å². The van der Waals surface area contributed by atoms with Gasteiger partial charge in [-0.3, -0.25) is 0 Å². The highest BCUT2D eigenvalue weighted by Gasteiger charge is 2.30. The Morgan fingerprint density at radius 1 is 1.55 bits per heavy atom. The zero-order valence-electron chi connectivity index (χ0n) is 6.49. The molecule has 1 heterocycles. The number of nitrogens with two attached hydrogens (primary N) is 1. The largest absolute Gasteiger partial charge is 0.469 e. The van der Waals surface area contributed by atoms with Gasteiger partial charge in [0.05, 0.1) is 6.26 Å². The smallest absolute Gasteiger partial charge is 0.106 e. The van der Waals surface area contributed by atoms with E-state index in [0.717, 1.165) is 18.2 Å². The number of furan rings is 1. The fourth-order valence-corrected chi connectivity index (χ4v) is 1.68. The molecule has 11 heavy (non-hydrogen) atoms. The first kappa shape index (κ1) is 6.92. The zero-order chi connectivity index (χ0) is 7.68. The van der Waals surface area contributed by atoms with Crippen molar-refractivity contribution in [3.63, 3.8) is 0 Å². The quantitative estimate of drug-likeness (QED) is 0.699. The lowest BCUT2D eigenvalue weighted by atomic mass is 9.74. The van der Waals surface area contributed by atoms with Gasteiger partial charge in [-0.25, -0.2) is 0 Å². The third kappa shape index (κ3) is 1.18. The van der Waals surface area contributed by atoms with Gasteiger partial charge in [0.25, 0.3) is 0 Å². The van der Waals surface area contributed by atoms with Gasteiger partial charge in [-0.05, 0) is 37.4 Å². The molecular formula is C9H13NO. The molecule has 0 unspecified atom stereocenters. The van der Waals surface area contributed by atoms with E-state index in [-0.39, 0.29) is 0 Å². The maximum absolute atomic E-state index is 5.52. The third-order valence-electron chi connectivity index (χ3n) is 2.51. The molecule has 0 aliphatic heterocycles. The first-order valence-electron chi connectivity index (χ1n) is 4.13. The molecular weight excluding hydrogens is 138 g/mol. The van der Waals surface area contributed by atoms with Gasteiger partial charge in [-0.15, -0.1) is 0 Å². The van der Waals surface area contributed by atoms with Gasteiger partial charge in [0.15, 0.2) is 0 Å². The average molecular weight is 151 g/mol. The Morgan fingerprint density at radius 2 is 2.36 bits per heavy atom. The van der Waals surface area contributed by atoms with Crippen molar-refractivity contribution < 1.29 is 4.42 Å². The minimum atomic E-state index is 0.651. The molecule has 0 atom stereocenters. The lowest BCUT2D eigenvalue weighted by Crippen LogP contribution is -2.28. The molecule has 0 amide bonds. The molecule has 2 N–H and O–H groups in total. The van der Waals surface area contributed by atoms with Crippen molar-refractivity contribution in [3.05, 3.63) is 24.2 Å². The predicted molar refractivity (Wildman–Crippen MR) is 43.2 cm³/mol. The number of rotatable bonds is 2. The van der Waals surface area contributed by atoms with E-state index in [0.29, 0.717) is 5.92 Å². The normalized spacial score (nSPS) is 29.9. The van der Waals surface area contributed by atoms with Crippen LogP contribution in [0.15, 0.2) is 22.8 Å². The van der Waals surface area contributed by atoms with Gasteiger partial charge < -0.3 is 10.2 Å². The SMILES string of the molecule is NCC1CC(c2ccco2)C1. The van der Waals surface area contributed by atoms with Crippen molar-refractivity contribution in [2.75, 3.05) is 6.54 Å². The summed E-state index contributed by atoms with van der Waals surface area (Å²) in [5.74, 6) is 2.53. The summed E-state index contributed by atoms with van der Waals surface area (Å²) >= 11 is 0. The van der Waals surface area contributed by atoms with Gasteiger partial charge in [0.1, 0.15) is 5.76 Å². The summed E-state index contributed by atoms with van der Waals surface area (Å²) in [7, 11) is 0. The van der Waals surface area contributed by atoms with E-state index in [2.05, 4.69) is 6.07 Å². The van der Waals surface area contributed by atoms with E-state index >= 15 is 0 Å². The minimum absolute atomic E-state index is 0.651. The van der Waals surface area contributed by atoms with E-state index in [1.807, 2.05) is 6.07 Å². The van der Waals surface area contributed by atoms with Gasteiger partial charge >= 0.3 is 0 Å². The maximum Gasteiger partial charge on any atom is 0.106 e. The van der Waals surface area contributed by atoms with Gasteiger partial charge in [-0.2, -0.15) is 0 Å². The molecule has 0 saturated heterocycles. The van der Waals surface area contributed by atoms with Gasteiger partial charge in [-0.1, -0.05) is 0 Å². The first-order valence-corrected chi connectivity index (χ1v) is 4.13. The second kappa shape index (κ2) is 2.70. The number of hydrogen-bond acceptors (Lipinski definition) is 2. The number of hydrogen-bond donors (Lipinski definition) is 1. The first-order chi connectivity index (χ1) is 5.40. The summed E-state index contributed by atoms with van der Waals surface area (Å²) in [6, 6.07) is 4.00. The van der Waals surface area contributed by atoms with Crippen LogP contribution in [0.4, 0.5) is 0 Å². The molecule has 2 rings (SSSR count). The molecule has 1 aliphatic carbocycles. The molecule has 1 aliphatic rings. The van der Waals surface area contributed by atoms with Crippen LogP contribution in [0.3, 0.4) is 0 Å². The second-order valence-corrected chi connectivity index (χ2v) is 3.29. The molecule has 1 aromatic heterocycles. The van der Waals surface area contributed by atoms with Crippen LogP contribution in [0.2, 0.25) is 0 Å². The van der Waals surface area contributed by atoms with Crippen LogP contribution in [-0.4, -0.2) is 6.54 Å². The van der Waals surface area contributed by atoms with Gasteiger partial charge in [0.2, 0.25) is 0 Å². The van der Waals surface area contributed by atoms with Crippen LogP contribution in [0, 0.1) is 5.92 Å². The molecule has 1 aromatic rings. The fraction of sp³-hybridized carbons (Fsp3) is 0.556. The average Bonchev–Trinajstić information content (AvgIpc) is 2.37. The zero-order valence-corrected chi connectivity index (χ0v) is 6.49. The highest BCUT2D eigenvalue weighted by Crippen LogP contribution is 2.40. The summed E-state index contributed by atoms with van der Waals surface area (Å²) in [6.45, 7) is 0.831. The Hall–Kier alpha value is -0.760. The third-order valence-corrected chi connectivity index (χ3v) is 2.51. The van der Waals surface area contributed by atoms with Crippen LogP contribution in [-0.2, 0) is 0 Å². The summed E-state index contributed by atoms with van der Waals surface area (Å²) in [6.07, 6.45) is 4.17. The summed E-state index contributed by atoms with van der Waals surface area (Å²) in [5, 5.41) is 0. The highest BCUT2D eigenvalue weighted by molar-refractivity contribution is 5.09. The molecule has 0 radical (unpaired) electrons.